The quantitative estimate of drug-likeness (QED) is 0.176. The first-order valence-corrected chi connectivity index (χ1v) is 19.7. The third kappa shape index (κ3) is 4.70. The molecule has 0 saturated heterocycles. The van der Waals surface area contributed by atoms with Crippen molar-refractivity contribution in [3.05, 3.63) is 188 Å². The van der Waals surface area contributed by atoms with Crippen LogP contribution in [0.15, 0.2) is 197 Å². The van der Waals surface area contributed by atoms with Gasteiger partial charge >= 0.3 is 0 Å². The highest BCUT2D eigenvalue weighted by Crippen LogP contribution is 2.47. The van der Waals surface area contributed by atoms with Gasteiger partial charge in [-0.15, -0.1) is 11.3 Å². The maximum Gasteiger partial charge on any atom is 0.159 e. The first-order valence-electron chi connectivity index (χ1n) is 18.9. The zero-order chi connectivity index (χ0) is 36.7. The predicted octanol–water partition coefficient (Wildman–Crippen LogP) is 15.8. The normalized spacial score (nSPS) is 11.9. The van der Waals surface area contributed by atoms with Gasteiger partial charge in [-0.1, -0.05) is 127 Å². The van der Waals surface area contributed by atoms with E-state index in [9.17, 15) is 0 Å². The highest BCUT2D eigenvalue weighted by molar-refractivity contribution is 7.25. The van der Waals surface area contributed by atoms with Crippen LogP contribution in [0, 0.1) is 0 Å². The maximum atomic E-state index is 6.81. The lowest BCUT2D eigenvalue weighted by Crippen LogP contribution is -2.10. The molecule has 0 aliphatic rings. The van der Waals surface area contributed by atoms with Gasteiger partial charge in [0.15, 0.2) is 5.58 Å². The number of furan rings is 2. The number of fused-ring (bicyclic) bond motifs is 10. The van der Waals surface area contributed by atoms with E-state index < -0.39 is 0 Å². The molecule has 0 fully saturated rings. The lowest BCUT2D eigenvalue weighted by atomic mass is 9.94. The Hall–Kier alpha value is -7.14. The third-order valence-corrected chi connectivity index (χ3v) is 12.4. The van der Waals surface area contributed by atoms with Gasteiger partial charge in [0.05, 0.1) is 5.69 Å². The van der Waals surface area contributed by atoms with Gasteiger partial charge in [0.2, 0.25) is 0 Å². The molecule has 56 heavy (non-hydrogen) atoms. The average molecular weight is 734 g/mol. The van der Waals surface area contributed by atoms with E-state index in [0.717, 1.165) is 72.1 Å². The van der Waals surface area contributed by atoms with Crippen molar-refractivity contribution >= 4 is 103 Å². The Labute approximate surface area is 325 Å². The standard InChI is InChI=1S/C52H31NO2S/c1-2-14-35(15-3-1)53(36-28-26-32-12-4-5-13-33(32)30-36)44-22-9-20-40-43-31-34(27-29-45(43)54-52(40)44)37-17-8-21-42-49-38(18-10-23-46(49)55-51(37)42)39-19-11-25-48-50(39)41-16-6-7-24-47(41)56-48/h1-31H. The summed E-state index contributed by atoms with van der Waals surface area (Å²) in [6.07, 6.45) is 0. The molecule has 0 radical (unpaired) electrons. The molecule has 0 spiro atoms. The molecule has 0 N–H and O–H groups in total. The second kappa shape index (κ2) is 12.2. The summed E-state index contributed by atoms with van der Waals surface area (Å²) >= 11 is 1.85. The summed E-state index contributed by atoms with van der Waals surface area (Å²) in [6.45, 7) is 0. The molecule has 0 unspecified atom stereocenters. The Morgan fingerprint density at radius 2 is 1.07 bits per heavy atom. The van der Waals surface area contributed by atoms with E-state index in [4.69, 9.17) is 8.83 Å². The highest BCUT2D eigenvalue weighted by Gasteiger charge is 2.22. The number of nitrogens with zero attached hydrogens (tertiary/aromatic N) is 1. The summed E-state index contributed by atoms with van der Waals surface area (Å²) in [5, 5.41) is 9.38. The van der Waals surface area contributed by atoms with Crippen molar-refractivity contribution in [2.75, 3.05) is 4.90 Å². The first-order chi connectivity index (χ1) is 27.8. The maximum absolute atomic E-state index is 6.81. The topological polar surface area (TPSA) is 29.5 Å². The van der Waals surface area contributed by atoms with Crippen molar-refractivity contribution < 1.29 is 8.83 Å². The average Bonchev–Trinajstić information content (AvgIpc) is 3.96. The van der Waals surface area contributed by atoms with E-state index in [2.05, 4.69) is 193 Å². The molecule has 3 aromatic heterocycles. The summed E-state index contributed by atoms with van der Waals surface area (Å²) in [4.78, 5) is 2.30. The minimum atomic E-state index is 0.845. The van der Waals surface area contributed by atoms with Crippen molar-refractivity contribution in [2.45, 2.75) is 0 Å². The molecule has 9 aromatic carbocycles. The molecule has 4 heteroatoms. The number of anilines is 3. The van der Waals surface area contributed by atoms with Crippen LogP contribution in [0.1, 0.15) is 0 Å². The van der Waals surface area contributed by atoms with E-state index >= 15 is 0 Å². The fraction of sp³-hybridized carbons (Fsp3) is 0. The molecule has 262 valence electrons. The molecule has 0 atom stereocenters. The zero-order valence-corrected chi connectivity index (χ0v) is 30.9. The molecule has 12 rings (SSSR count). The van der Waals surface area contributed by atoms with E-state index in [1.807, 2.05) is 11.3 Å². The van der Waals surface area contributed by atoms with Crippen LogP contribution >= 0.6 is 11.3 Å². The van der Waals surface area contributed by atoms with Crippen LogP contribution in [0.3, 0.4) is 0 Å². The molecule has 0 aliphatic carbocycles. The summed E-state index contributed by atoms with van der Waals surface area (Å²) in [6, 6.07) is 67.0. The molecule has 3 nitrogen and oxygen atoms in total. The number of hydrogen-bond acceptors (Lipinski definition) is 4. The summed E-state index contributed by atoms with van der Waals surface area (Å²) in [5.41, 5.74) is 11.1. The van der Waals surface area contributed by atoms with Gasteiger partial charge in [-0.2, -0.15) is 0 Å². The second-order valence-corrected chi connectivity index (χ2v) is 15.5. The van der Waals surface area contributed by atoms with Crippen LogP contribution in [0.4, 0.5) is 17.1 Å². The van der Waals surface area contributed by atoms with Crippen molar-refractivity contribution in [1.82, 2.24) is 0 Å². The summed E-state index contributed by atoms with van der Waals surface area (Å²) < 4.78 is 16.2. The Morgan fingerprint density at radius 3 is 2.00 bits per heavy atom. The van der Waals surface area contributed by atoms with Gasteiger partial charge in [0, 0.05) is 58.7 Å². The fourth-order valence-corrected chi connectivity index (χ4v) is 9.88. The van der Waals surface area contributed by atoms with Crippen LogP contribution in [0.25, 0.3) is 97.1 Å². The zero-order valence-electron chi connectivity index (χ0n) is 30.1. The smallest absolute Gasteiger partial charge is 0.159 e. The van der Waals surface area contributed by atoms with Gasteiger partial charge in [-0.25, -0.2) is 0 Å². The molecule has 0 aliphatic heterocycles. The van der Waals surface area contributed by atoms with Crippen molar-refractivity contribution in [3.63, 3.8) is 0 Å². The van der Waals surface area contributed by atoms with E-state index in [1.54, 1.807) is 0 Å². The van der Waals surface area contributed by atoms with Gasteiger partial charge in [-0.05, 0) is 88.1 Å². The van der Waals surface area contributed by atoms with Crippen LogP contribution in [-0.4, -0.2) is 0 Å². The number of para-hydroxylation sites is 3. The Bertz CT molecular complexity index is 3500. The Balaban J connectivity index is 1.03. The molecule has 3 heterocycles. The van der Waals surface area contributed by atoms with Crippen LogP contribution in [0.5, 0.6) is 0 Å². The SMILES string of the molecule is c1ccc(N(c2ccc3ccccc3c2)c2cccc3c2oc2ccc(-c4cccc5c4oc4cccc(-c6cccc7sc8ccccc8c67)c45)cc23)cc1. The van der Waals surface area contributed by atoms with Gasteiger partial charge in [-0.3, -0.25) is 0 Å². The van der Waals surface area contributed by atoms with E-state index in [-0.39, 0.29) is 0 Å². The number of benzene rings is 9. The van der Waals surface area contributed by atoms with E-state index in [0.29, 0.717) is 0 Å². The third-order valence-electron chi connectivity index (χ3n) is 11.2. The minimum Gasteiger partial charge on any atom is -0.455 e. The van der Waals surface area contributed by atoms with Crippen molar-refractivity contribution in [3.8, 4) is 22.3 Å². The lowest BCUT2D eigenvalue weighted by molar-refractivity contribution is 0.668. The van der Waals surface area contributed by atoms with Crippen LogP contribution in [0.2, 0.25) is 0 Å². The van der Waals surface area contributed by atoms with E-state index in [1.165, 1.54) is 42.1 Å². The van der Waals surface area contributed by atoms with Gasteiger partial charge < -0.3 is 13.7 Å². The van der Waals surface area contributed by atoms with Crippen molar-refractivity contribution in [1.29, 1.82) is 0 Å². The number of rotatable bonds is 5. The minimum absolute atomic E-state index is 0.845. The van der Waals surface area contributed by atoms with Crippen LogP contribution < -0.4 is 4.90 Å². The summed E-state index contributed by atoms with van der Waals surface area (Å²) in [5.74, 6) is 0. The molecule has 0 saturated carbocycles. The first kappa shape index (κ1) is 31.2. The fourth-order valence-electron chi connectivity index (χ4n) is 8.75. The van der Waals surface area contributed by atoms with Crippen molar-refractivity contribution in [2.24, 2.45) is 0 Å². The molecule has 0 bridgehead atoms. The largest absolute Gasteiger partial charge is 0.455 e. The number of thiophene rings is 1. The van der Waals surface area contributed by atoms with Gasteiger partial charge in [0.25, 0.3) is 0 Å². The second-order valence-electron chi connectivity index (χ2n) is 14.4. The molecular formula is C52H31NO2S. The number of hydrogen-bond donors (Lipinski definition) is 0. The monoisotopic (exact) mass is 733 g/mol. The molecular weight excluding hydrogens is 703 g/mol. The lowest BCUT2D eigenvalue weighted by Gasteiger charge is -2.25. The molecule has 0 amide bonds. The Kier molecular flexibility index (Phi) is 6.80. The Morgan fingerprint density at radius 1 is 0.375 bits per heavy atom. The van der Waals surface area contributed by atoms with Gasteiger partial charge in [0.1, 0.15) is 16.7 Å². The van der Waals surface area contributed by atoms with Crippen LogP contribution in [-0.2, 0) is 0 Å². The summed E-state index contributed by atoms with van der Waals surface area (Å²) in [7, 11) is 0. The molecule has 12 aromatic rings. The predicted molar refractivity (Wildman–Crippen MR) is 237 cm³/mol. The highest BCUT2D eigenvalue weighted by atomic mass is 32.1.